The number of ether oxygens (including phenoxy) is 1. The lowest BCUT2D eigenvalue weighted by atomic mass is 10.3. The van der Waals surface area contributed by atoms with Crippen LogP contribution in [-0.4, -0.2) is 5.11 Å². The van der Waals surface area contributed by atoms with Crippen molar-refractivity contribution < 1.29 is 9.84 Å². The highest BCUT2D eigenvalue weighted by Gasteiger charge is 2.20. The zero-order chi connectivity index (χ0) is 15.9. The number of aromatic hydroxyl groups is 1. The normalized spacial score (nSPS) is 10.8. The molecular weight excluding hydrogens is 424 g/mol. The summed E-state index contributed by atoms with van der Waals surface area (Å²) in [5.41, 5.74) is 0. The number of phenols is 1. The van der Waals surface area contributed by atoms with Gasteiger partial charge in [-0.15, -0.1) is 0 Å². The van der Waals surface area contributed by atoms with Gasteiger partial charge in [0, 0.05) is 6.07 Å². The summed E-state index contributed by atoms with van der Waals surface area (Å²) >= 11 is 41.4. The molecule has 112 valence electrons. The van der Waals surface area contributed by atoms with Gasteiger partial charge in [0.15, 0.2) is 11.5 Å². The number of hydrogen-bond donors (Lipinski definition) is 1. The fourth-order valence-corrected chi connectivity index (χ4v) is 2.99. The molecule has 2 aromatic rings. The minimum atomic E-state index is -0.359. The van der Waals surface area contributed by atoms with E-state index < -0.39 is 0 Å². The van der Waals surface area contributed by atoms with Gasteiger partial charge >= 0.3 is 0 Å². The van der Waals surface area contributed by atoms with Gasteiger partial charge in [0.05, 0.1) is 20.1 Å². The van der Waals surface area contributed by atoms with Crippen LogP contribution in [-0.2, 0) is 0 Å². The molecule has 0 heterocycles. The van der Waals surface area contributed by atoms with E-state index >= 15 is 0 Å². The van der Waals surface area contributed by atoms with E-state index in [1.807, 2.05) is 0 Å². The molecule has 0 spiro atoms. The Balaban J connectivity index is 2.56. The van der Waals surface area contributed by atoms with E-state index in [1.165, 1.54) is 12.1 Å². The first-order chi connectivity index (χ1) is 9.73. The Kier molecular flexibility index (Phi) is 5.54. The van der Waals surface area contributed by atoms with E-state index in [2.05, 4.69) is 0 Å². The van der Waals surface area contributed by atoms with Gasteiger partial charge in [-0.2, -0.15) is 0 Å². The first kappa shape index (κ1) is 17.4. The number of rotatable bonds is 2. The number of phenolic OH excluding ortho intramolecular Hbond substituents is 1. The van der Waals surface area contributed by atoms with Gasteiger partial charge in [-0.25, -0.2) is 0 Å². The van der Waals surface area contributed by atoms with Crippen LogP contribution in [0.4, 0.5) is 0 Å². The van der Waals surface area contributed by atoms with E-state index in [0.29, 0.717) is 0 Å². The molecule has 0 amide bonds. The maximum Gasteiger partial charge on any atom is 0.166 e. The standard InChI is InChI=1S/C12H3Cl7O2/c13-3-1-5(15)12(10(19)7(3)16)21-6-2-4(14)11(20)9(18)8(6)17/h1-2,20H. The van der Waals surface area contributed by atoms with Crippen LogP contribution in [0.3, 0.4) is 0 Å². The minimum absolute atomic E-state index is 0.00514. The first-order valence-electron chi connectivity index (χ1n) is 5.11. The summed E-state index contributed by atoms with van der Waals surface area (Å²) in [4.78, 5) is 0. The van der Waals surface area contributed by atoms with Crippen LogP contribution < -0.4 is 4.74 Å². The summed E-state index contributed by atoms with van der Waals surface area (Å²) < 4.78 is 5.50. The van der Waals surface area contributed by atoms with Crippen molar-refractivity contribution in [3.05, 3.63) is 47.3 Å². The largest absolute Gasteiger partial charge is 0.505 e. The van der Waals surface area contributed by atoms with Crippen molar-refractivity contribution in [3.63, 3.8) is 0 Å². The molecule has 21 heavy (non-hydrogen) atoms. The lowest BCUT2D eigenvalue weighted by Gasteiger charge is -2.14. The fourth-order valence-electron chi connectivity index (χ4n) is 1.39. The van der Waals surface area contributed by atoms with Gasteiger partial charge < -0.3 is 9.84 Å². The topological polar surface area (TPSA) is 29.5 Å². The van der Waals surface area contributed by atoms with Crippen molar-refractivity contribution in [2.45, 2.75) is 0 Å². The quantitative estimate of drug-likeness (QED) is 0.392. The third-order valence-corrected chi connectivity index (χ3v) is 5.04. The Bertz CT molecular complexity index is 731. The second-order valence-corrected chi connectivity index (χ2v) is 6.47. The molecule has 2 aromatic carbocycles. The Hall–Kier alpha value is 0.0700. The van der Waals surface area contributed by atoms with Crippen molar-refractivity contribution in [1.82, 2.24) is 0 Å². The van der Waals surface area contributed by atoms with Crippen molar-refractivity contribution in [2.24, 2.45) is 0 Å². The monoisotopic (exact) mass is 424 g/mol. The van der Waals surface area contributed by atoms with Gasteiger partial charge in [-0.3, -0.25) is 0 Å². The van der Waals surface area contributed by atoms with Crippen LogP contribution in [0.1, 0.15) is 0 Å². The third-order valence-electron chi connectivity index (χ3n) is 2.39. The Morgan fingerprint density at radius 3 is 1.90 bits per heavy atom. The number of benzene rings is 2. The first-order valence-corrected chi connectivity index (χ1v) is 7.76. The average molecular weight is 427 g/mol. The predicted molar refractivity (Wildman–Crippen MR) is 89.7 cm³/mol. The predicted octanol–water partition coefficient (Wildman–Crippen LogP) is 7.76. The van der Waals surface area contributed by atoms with Gasteiger partial charge in [0.1, 0.15) is 20.8 Å². The van der Waals surface area contributed by atoms with Gasteiger partial charge in [-0.1, -0.05) is 81.2 Å². The summed E-state index contributed by atoms with van der Waals surface area (Å²) in [6.45, 7) is 0. The molecule has 0 fully saturated rings. The van der Waals surface area contributed by atoms with Crippen molar-refractivity contribution in [2.75, 3.05) is 0 Å². The molecule has 0 saturated heterocycles. The lowest BCUT2D eigenvalue weighted by Crippen LogP contribution is -1.90. The maximum atomic E-state index is 9.57. The molecule has 0 atom stereocenters. The summed E-state index contributed by atoms with van der Waals surface area (Å²) in [6, 6.07) is 2.63. The van der Waals surface area contributed by atoms with Crippen LogP contribution in [0, 0.1) is 0 Å². The average Bonchev–Trinajstić information content (AvgIpc) is 2.44. The molecule has 0 aromatic heterocycles. The van der Waals surface area contributed by atoms with Gasteiger partial charge in [-0.05, 0) is 6.07 Å². The minimum Gasteiger partial charge on any atom is -0.505 e. The molecule has 9 heteroatoms. The van der Waals surface area contributed by atoms with E-state index in [0.717, 1.165) is 0 Å². The number of hydrogen-bond acceptors (Lipinski definition) is 2. The smallest absolute Gasteiger partial charge is 0.166 e. The molecule has 0 radical (unpaired) electrons. The molecule has 0 aliphatic heterocycles. The van der Waals surface area contributed by atoms with Crippen LogP contribution in [0.15, 0.2) is 12.1 Å². The van der Waals surface area contributed by atoms with E-state index in [-0.39, 0.29) is 52.4 Å². The molecule has 1 N–H and O–H groups in total. The molecule has 0 aliphatic rings. The highest BCUT2D eigenvalue weighted by molar-refractivity contribution is 6.50. The highest BCUT2D eigenvalue weighted by atomic mass is 35.5. The summed E-state index contributed by atoms with van der Waals surface area (Å²) in [5, 5.41) is 9.67. The summed E-state index contributed by atoms with van der Waals surface area (Å²) in [5.74, 6) is -0.277. The van der Waals surface area contributed by atoms with Gasteiger partial charge in [0.25, 0.3) is 0 Å². The lowest BCUT2D eigenvalue weighted by molar-refractivity contribution is 0.465. The second-order valence-electron chi connectivity index (χ2n) is 3.73. The maximum absolute atomic E-state index is 9.57. The van der Waals surface area contributed by atoms with Crippen LogP contribution >= 0.6 is 81.2 Å². The molecule has 0 saturated carbocycles. The van der Waals surface area contributed by atoms with E-state index in [1.54, 1.807) is 0 Å². The van der Waals surface area contributed by atoms with Crippen molar-refractivity contribution in [1.29, 1.82) is 0 Å². The zero-order valence-electron chi connectivity index (χ0n) is 9.66. The number of halogens is 7. The molecular formula is C12H3Cl7O2. The molecule has 0 bridgehead atoms. The summed E-state index contributed by atoms with van der Waals surface area (Å²) in [7, 11) is 0. The molecule has 0 aliphatic carbocycles. The van der Waals surface area contributed by atoms with Crippen LogP contribution in [0.5, 0.6) is 17.2 Å². The summed E-state index contributed by atoms with van der Waals surface area (Å²) in [6.07, 6.45) is 0. The Morgan fingerprint density at radius 2 is 1.29 bits per heavy atom. The Labute approximate surface area is 155 Å². The third kappa shape index (κ3) is 3.37. The van der Waals surface area contributed by atoms with Crippen LogP contribution in [0.25, 0.3) is 0 Å². The van der Waals surface area contributed by atoms with E-state index in [9.17, 15) is 5.11 Å². The molecule has 2 rings (SSSR count). The molecule has 2 nitrogen and oxygen atoms in total. The molecule has 0 unspecified atom stereocenters. The van der Waals surface area contributed by atoms with Gasteiger partial charge in [0.2, 0.25) is 0 Å². The fraction of sp³-hybridized carbons (Fsp3) is 0. The second kappa shape index (κ2) is 6.67. The zero-order valence-corrected chi connectivity index (χ0v) is 14.9. The highest BCUT2D eigenvalue weighted by Crippen LogP contribution is 2.48. The van der Waals surface area contributed by atoms with Crippen molar-refractivity contribution in [3.8, 4) is 17.2 Å². The van der Waals surface area contributed by atoms with E-state index in [4.69, 9.17) is 85.9 Å². The Morgan fingerprint density at radius 1 is 0.667 bits per heavy atom. The SMILES string of the molecule is Oc1c(Cl)cc(Oc2c(Cl)cc(Cl)c(Cl)c2Cl)c(Cl)c1Cl. The van der Waals surface area contributed by atoms with Crippen molar-refractivity contribution >= 4 is 81.2 Å². The van der Waals surface area contributed by atoms with Crippen LogP contribution in [0.2, 0.25) is 35.2 Å².